The molecule has 0 unspecified atom stereocenters. The van der Waals surface area contributed by atoms with Crippen molar-refractivity contribution in [2.45, 2.75) is 26.9 Å². The Hall–Kier alpha value is -2.54. The summed E-state index contributed by atoms with van der Waals surface area (Å²) >= 11 is 0. The van der Waals surface area contributed by atoms with Crippen LogP contribution in [-0.4, -0.2) is 79.3 Å². The molecule has 0 saturated heterocycles. The van der Waals surface area contributed by atoms with Crippen LogP contribution < -0.4 is 0 Å². The molecule has 2 rings (SSSR count). The quantitative estimate of drug-likeness (QED) is 0.365. The molecule has 33 heavy (non-hydrogen) atoms. The van der Waals surface area contributed by atoms with Crippen molar-refractivity contribution >= 4 is 11.8 Å². The summed E-state index contributed by atoms with van der Waals surface area (Å²) in [6, 6.07) is 7.80. The van der Waals surface area contributed by atoms with Crippen LogP contribution >= 0.6 is 0 Å². The van der Waals surface area contributed by atoms with Gasteiger partial charge in [0.2, 0.25) is 0 Å². The van der Waals surface area contributed by atoms with Crippen LogP contribution in [-0.2, 0) is 18.9 Å². The summed E-state index contributed by atoms with van der Waals surface area (Å²) in [6.45, 7) is 9.45. The van der Waals surface area contributed by atoms with Crippen molar-refractivity contribution in [2.24, 2.45) is 5.41 Å². The van der Waals surface area contributed by atoms with Crippen LogP contribution in [0.1, 0.15) is 31.9 Å². The Balaban J connectivity index is 1.85. The normalized spacial score (nSPS) is 12.9. The summed E-state index contributed by atoms with van der Waals surface area (Å²) in [6.07, 6.45) is 4.22. The van der Waals surface area contributed by atoms with Crippen LogP contribution in [0.4, 0.5) is 0 Å². The maximum absolute atomic E-state index is 10.9. The van der Waals surface area contributed by atoms with Gasteiger partial charge in [0.25, 0.3) is 0 Å². The van der Waals surface area contributed by atoms with Crippen LogP contribution in [0.3, 0.4) is 0 Å². The number of aliphatic hydroxyl groups excluding tert-OH is 1. The Labute approximate surface area is 196 Å². The topological polar surface area (TPSA) is 87.9 Å². The summed E-state index contributed by atoms with van der Waals surface area (Å²) in [7, 11) is 1.64. The minimum absolute atomic E-state index is 0.320. The first-order chi connectivity index (χ1) is 15.9. The molecule has 0 saturated carbocycles. The Bertz CT molecular complexity index is 895. The molecule has 0 aliphatic heterocycles. The molecular weight excluding hydrogens is 422 g/mol. The lowest BCUT2D eigenvalue weighted by Gasteiger charge is -2.28. The average Bonchev–Trinajstić information content (AvgIpc) is 3.32. The van der Waals surface area contributed by atoms with Crippen LogP contribution in [0.2, 0.25) is 0 Å². The van der Waals surface area contributed by atoms with E-state index in [0.29, 0.717) is 51.9 Å². The van der Waals surface area contributed by atoms with Gasteiger partial charge in [-0.25, -0.2) is 9.67 Å². The number of aliphatic hydroxyl groups is 1. The largest absolute Gasteiger partial charge is 0.386 e. The van der Waals surface area contributed by atoms with E-state index >= 15 is 0 Å². The van der Waals surface area contributed by atoms with Crippen molar-refractivity contribution in [2.75, 3.05) is 53.4 Å². The molecule has 0 spiro atoms. The van der Waals surface area contributed by atoms with Crippen molar-refractivity contribution in [3.8, 4) is 11.8 Å². The molecule has 8 heteroatoms. The van der Waals surface area contributed by atoms with Crippen molar-refractivity contribution in [3.63, 3.8) is 0 Å². The van der Waals surface area contributed by atoms with Gasteiger partial charge in [-0.3, -0.25) is 0 Å². The fourth-order valence-corrected chi connectivity index (χ4v) is 2.78. The van der Waals surface area contributed by atoms with Crippen LogP contribution in [0.5, 0.6) is 0 Å². The minimum atomic E-state index is -0.721. The van der Waals surface area contributed by atoms with E-state index in [9.17, 15) is 5.11 Å². The van der Waals surface area contributed by atoms with E-state index in [1.807, 2.05) is 51.1 Å². The molecule has 1 aromatic heterocycles. The van der Waals surface area contributed by atoms with Gasteiger partial charge in [-0.2, -0.15) is 5.10 Å². The predicted octanol–water partition coefficient (Wildman–Crippen LogP) is 2.73. The van der Waals surface area contributed by atoms with E-state index in [2.05, 4.69) is 21.9 Å². The third-order valence-electron chi connectivity index (χ3n) is 4.57. The van der Waals surface area contributed by atoms with Gasteiger partial charge in [0.1, 0.15) is 25.4 Å². The van der Waals surface area contributed by atoms with Crippen molar-refractivity contribution < 1.29 is 24.1 Å². The third-order valence-corrected chi connectivity index (χ3v) is 4.57. The summed E-state index contributed by atoms with van der Waals surface area (Å²) in [5, 5.41) is 15.0. The second-order valence-electron chi connectivity index (χ2n) is 8.38. The number of methoxy groups -OCH3 is 1. The third kappa shape index (κ3) is 10.3. The fraction of sp³-hybridized carbons (Fsp3) is 0.520. The maximum Gasteiger partial charge on any atom is 0.138 e. The average molecular weight is 458 g/mol. The molecule has 180 valence electrons. The molecule has 1 heterocycles. The van der Waals surface area contributed by atoms with Gasteiger partial charge in [0, 0.05) is 12.7 Å². The van der Waals surface area contributed by atoms with E-state index in [1.165, 1.54) is 6.33 Å². The SMILES string of the molecule is COCCOCCOCCOCC#Cc1cccc(/C=C(\[C@@H](O)C(C)(C)C)n2cncn2)c1. The Morgan fingerprint density at radius 2 is 1.79 bits per heavy atom. The summed E-state index contributed by atoms with van der Waals surface area (Å²) < 4.78 is 22.7. The molecule has 1 aromatic carbocycles. The molecule has 8 nitrogen and oxygen atoms in total. The standard InChI is InChI=1S/C25H35N3O5/c1-25(2,3)24(29)23(28-20-26-19-27-28)18-22-8-5-7-21(17-22)9-6-10-31-13-14-33-16-15-32-12-11-30-4/h5,7-8,17-20,24,29H,10-16H2,1-4H3/b23-18+/t24-/m1/s1. The Morgan fingerprint density at radius 1 is 1.09 bits per heavy atom. The lowest BCUT2D eigenvalue weighted by atomic mass is 9.86. The maximum atomic E-state index is 10.9. The van der Waals surface area contributed by atoms with Gasteiger partial charge in [-0.1, -0.05) is 44.7 Å². The molecule has 0 amide bonds. The van der Waals surface area contributed by atoms with E-state index in [-0.39, 0.29) is 5.41 Å². The highest BCUT2D eigenvalue weighted by molar-refractivity contribution is 5.73. The van der Waals surface area contributed by atoms with Gasteiger partial charge < -0.3 is 24.1 Å². The first kappa shape index (κ1) is 26.7. The number of rotatable bonds is 13. The molecule has 0 radical (unpaired) electrons. The Morgan fingerprint density at radius 3 is 2.42 bits per heavy atom. The monoisotopic (exact) mass is 457 g/mol. The first-order valence-electron chi connectivity index (χ1n) is 11.0. The highest BCUT2D eigenvalue weighted by Gasteiger charge is 2.27. The minimum Gasteiger partial charge on any atom is -0.386 e. The van der Waals surface area contributed by atoms with Crippen molar-refractivity contribution in [1.29, 1.82) is 0 Å². The number of hydrogen-bond acceptors (Lipinski definition) is 7. The summed E-state index contributed by atoms with van der Waals surface area (Å²) in [5.74, 6) is 6.13. The van der Waals surface area contributed by atoms with E-state index in [4.69, 9.17) is 18.9 Å². The van der Waals surface area contributed by atoms with Gasteiger partial charge in [-0.15, -0.1) is 0 Å². The van der Waals surface area contributed by atoms with Gasteiger partial charge in [0.15, 0.2) is 0 Å². The summed E-state index contributed by atoms with van der Waals surface area (Å²) in [5.41, 5.74) is 2.07. The van der Waals surface area contributed by atoms with E-state index in [0.717, 1.165) is 11.1 Å². The number of benzene rings is 1. The smallest absolute Gasteiger partial charge is 0.138 e. The summed E-state index contributed by atoms with van der Waals surface area (Å²) in [4.78, 5) is 4.01. The molecule has 0 bridgehead atoms. The van der Waals surface area contributed by atoms with Crippen LogP contribution in [0, 0.1) is 17.3 Å². The lowest BCUT2D eigenvalue weighted by Crippen LogP contribution is -2.29. The highest BCUT2D eigenvalue weighted by atomic mass is 16.6. The molecule has 2 aromatic rings. The fourth-order valence-electron chi connectivity index (χ4n) is 2.78. The molecule has 0 fully saturated rings. The van der Waals surface area contributed by atoms with Gasteiger partial charge in [-0.05, 0) is 29.2 Å². The van der Waals surface area contributed by atoms with Crippen LogP contribution in [0.15, 0.2) is 36.9 Å². The van der Waals surface area contributed by atoms with E-state index in [1.54, 1.807) is 18.1 Å². The number of aromatic nitrogens is 3. The van der Waals surface area contributed by atoms with Gasteiger partial charge in [0.05, 0.1) is 45.3 Å². The van der Waals surface area contributed by atoms with Crippen molar-refractivity contribution in [3.05, 3.63) is 48.0 Å². The molecule has 1 N–H and O–H groups in total. The van der Waals surface area contributed by atoms with Crippen LogP contribution in [0.25, 0.3) is 11.8 Å². The molecule has 0 aliphatic rings. The highest BCUT2D eigenvalue weighted by Crippen LogP contribution is 2.28. The predicted molar refractivity (Wildman–Crippen MR) is 127 cm³/mol. The van der Waals surface area contributed by atoms with Crippen molar-refractivity contribution in [1.82, 2.24) is 14.8 Å². The zero-order valence-corrected chi connectivity index (χ0v) is 20.0. The van der Waals surface area contributed by atoms with Gasteiger partial charge >= 0.3 is 0 Å². The number of ether oxygens (including phenoxy) is 4. The second-order valence-corrected chi connectivity index (χ2v) is 8.38. The molecule has 0 aliphatic carbocycles. The molecular formula is C25H35N3O5. The zero-order chi connectivity index (χ0) is 23.9. The molecule has 1 atom stereocenters. The Kier molecular flexibility index (Phi) is 11.8. The zero-order valence-electron chi connectivity index (χ0n) is 20.0. The first-order valence-corrected chi connectivity index (χ1v) is 11.0. The number of hydrogen-bond donors (Lipinski definition) is 1. The lowest BCUT2D eigenvalue weighted by molar-refractivity contribution is 0.00758. The number of nitrogens with zero attached hydrogens (tertiary/aromatic N) is 3. The second kappa shape index (κ2) is 14.6. The van der Waals surface area contributed by atoms with E-state index < -0.39 is 6.10 Å².